The maximum absolute atomic E-state index is 14.1. The first-order valence-corrected chi connectivity index (χ1v) is 12.7. The van der Waals surface area contributed by atoms with E-state index >= 15 is 0 Å². The minimum absolute atomic E-state index is 0.0504. The van der Waals surface area contributed by atoms with E-state index in [0.29, 0.717) is 37.1 Å². The SMILES string of the molecule is Cc1cc(C(=O)N[C@H]2CC[C@@H](n3c(=O)c4cc(F)cnc4n(-c4cccc(I)c4)c3=O)CC2)nn1C. The van der Waals surface area contributed by atoms with E-state index in [9.17, 15) is 18.8 Å². The highest BCUT2D eigenvalue weighted by Gasteiger charge is 2.28. The molecule has 0 unspecified atom stereocenters. The second-order valence-corrected chi connectivity index (χ2v) is 10.3. The number of nitrogens with one attached hydrogen (secondary N) is 1. The van der Waals surface area contributed by atoms with Crippen molar-refractivity contribution in [1.82, 2.24) is 29.2 Å². The number of aromatic nitrogens is 5. The van der Waals surface area contributed by atoms with Gasteiger partial charge in [-0.15, -0.1) is 0 Å². The van der Waals surface area contributed by atoms with Crippen LogP contribution >= 0.6 is 22.6 Å². The molecule has 1 amide bonds. The summed E-state index contributed by atoms with van der Waals surface area (Å²) >= 11 is 2.15. The summed E-state index contributed by atoms with van der Waals surface area (Å²) in [4.78, 5) is 43.8. The third kappa shape index (κ3) is 4.47. The Hall–Kier alpha value is -3.35. The minimum atomic E-state index is -0.643. The fourth-order valence-corrected chi connectivity index (χ4v) is 5.29. The fourth-order valence-electron chi connectivity index (χ4n) is 4.76. The summed E-state index contributed by atoms with van der Waals surface area (Å²) in [6.07, 6.45) is 3.23. The largest absolute Gasteiger partial charge is 0.348 e. The second kappa shape index (κ2) is 9.60. The smallest absolute Gasteiger partial charge is 0.337 e. The van der Waals surface area contributed by atoms with Crippen molar-refractivity contribution in [2.75, 3.05) is 0 Å². The average Bonchev–Trinajstić information content (AvgIpc) is 3.19. The molecule has 1 saturated carbocycles. The number of fused-ring (bicyclic) bond motifs is 1. The van der Waals surface area contributed by atoms with Crippen LogP contribution in [0.1, 0.15) is 47.9 Å². The molecule has 3 heterocycles. The molecule has 1 N–H and O–H groups in total. The van der Waals surface area contributed by atoms with E-state index in [1.54, 1.807) is 23.9 Å². The number of halogens is 2. The molecule has 0 saturated heterocycles. The number of amides is 1. The summed E-state index contributed by atoms with van der Waals surface area (Å²) in [5, 5.41) is 7.28. The van der Waals surface area contributed by atoms with Gasteiger partial charge in [-0.05, 0) is 85.5 Å². The summed E-state index contributed by atoms with van der Waals surface area (Å²) in [7, 11) is 1.78. The molecule has 36 heavy (non-hydrogen) atoms. The van der Waals surface area contributed by atoms with E-state index in [1.165, 1.54) is 9.13 Å². The highest BCUT2D eigenvalue weighted by Crippen LogP contribution is 2.28. The monoisotopic (exact) mass is 602 g/mol. The van der Waals surface area contributed by atoms with Crippen LogP contribution in [0.2, 0.25) is 0 Å². The molecule has 3 aromatic heterocycles. The third-order valence-electron chi connectivity index (χ3n) is 6.70. The third-order valence-corrected chi connectivity index (χ3v) is 7.37. The molecule has 1 fully saturated rings. The highest BCUT2D eigenvalue weighted by molar-refractivity contribution is 14.1. The van der Waals surface area contributed by atoms with Crippen LogP contribution in [0.5, 0.6) is 0 Å². The lowest BCUT2D eigenvalue weighted by Crippen LogP contribution is -2.45. The number of benzene rings is 1. The first-order chi connectivity index (χ1) is 17.2. The Bertz CT molecular complexity index is 1580. The molecular weight excluding hydrogens is 578 g/mol. The average molecular weight is 602 g/mol. The van der Waals surface area contributed by atoms with Crippen molar-refractivity contribution in [1.29, 1.82) is 0 Å². The Morgan fingerprint density at radius 1 is 1.14 bits per heavy atom. The number of rotatable bonds is 4. The van der Waals surface area contributed by atoms with Crippen LogP contribution in [0, 0.1) is 16.3 Å². The Morgan fingerprint density at radius 3 is 2.56 bits per heavy atom. The Kier molecular flexibility index (Phi) is 6.49. The van der Waals surface area contributed by atoms with Crippen LogP contribution in [0.4, 0.5) is 4.39 Å². The lowest BCUT2D eigenvalue weighted by molar-refractivity contribution is 0.0916. The Labute approximate surface area is 219 Å². The lowest BCUT2D eigenvalue weighted by Gasteiger charge is -2.30. The van der Waals surface area contributed by atoms with E-state index in [4.69, 9.17) is 0 Å². The summed E-state index contributed by atoms with van der Waals surface area (Å²) in [5.41, 5.74) is 0.852. The number of aryl methyl sites for hydroxylation is 2. The molecule has 4 aromatic rings. The van der Waals surface area contributed by atoms with Gasteiger partial charge >= 0.3 is 5.69 Å². The molecule has 1 aliphatic carbocycles. The van der Waals surface area contributed by atoms with Crippen molar-refractivity contribution in [3.05, 3.63) is 84.2 Å². The van der Waals surface area contributed by atoms with Crippen LogP contribution in [-0.4, -0.2) is 35.8 Å². The van der Waals surface area contributed by atoms with Gasteiger partial charge in [-0.3, -0.25) is 18.8 Å². The number of carbonyl (C=O) groups is 1. The maximum Gasteiger partial charge on any atom is 0.337 e. The molecule has 0 spiro atoms. The molecule has 186 valence electrons. The first kappa shape index (κ1) is 24.3. The molecule has 11 heteroatoms. The van der Waals surface area contributed by atoms with Gasteiger partial charge in [0.25, 0.3) is 11.5 Å². The van der Waals surface area contributed by atoms with E-state index in [0.717, 1.165) is 21.5 Å². The summed E-state index contributed by atoms with van der Waals surface area (Å²) in [6.45, 7) is 1.88. The van der Waals surface area contributed by atoms with Crippen LogP contribution < -0.4 is 16.6 Å². The molecule has 9 nitrogen and oxygen atoms in total. The van der Waals surface area contributed by atoms with Crippen LogP contribution in [0.15, 0.2) is 52.2 Å². The molecule has 5 rings (SSSR count). The van der Waals surface area contributed by atoms with Crippen LogP contribution in [0.3, 0.4) is 0 Å². The van der Waals surface area contributed by atoms with Gasteiger partial charge < -0.3 is 5.32 Å². The van der Waals surface area contributed by atoms with Crippen molar-refractivity contribution in [3.8, 4) is 5.69 Å². The zero-order chi connectivity index (χ0) is 25.6. The number of carbonyl (C=O) groups excluding carboxylic acids is 1. The normalized spacial score (nSPS) is 17.9. The van der Waals surface area contributed by atoms with Crippen LogP contribution in [0.25, 0.3) is 16.7 Å². The van der Waals surface area contributed by atoms with Gasteiger partial charge in [0.15, 0.2) is 5.65 Å². The number of nitrogens with zero attached hydrogens (tertiary/aromatic N) is 5. The van der Waals surface area contributed by atoms with E-state index < -0.39 is 17.1 Å². The van der Waals surface area contributed by atoms with Crippen molar-refractivity contribution in [2.24, 2.45) is 7.05 Å². The molecule has 0 radical (unpaired) electrons. The molecule has 0 aliphatic heterocycles. The van der Waals surface area contributed by atoms with Gasteiger partial charge in [-0.25, -0.2) is 18.7 Å². The molecule has 0 bridgehead atoms. The molecule has 0 atom stereocenters. The standard InChI is InChI=1S/C25H24FIN6O3/c1-14-10-21(30-31(14)2)23(34)29-17-6-8-18(9-7-17)33-24(35)20-11-15(26)13-28-22(20)32(25(33)36)19-5-3-4-16(27)12-19/h3-5,10-13,17-18H,6-9H2,1-2H3,(H,29,34)/t17-,18+. The zero-order valence-electron chi connectivity index (χ0n) is 19.7. The Balaban J connectivity index is 1.47. The number of hydrogen-bond donors (Lipinski definition) is 1. The van der Waals surface area contributed by atoms with E-state index in [2.05, 4.69) is 38.0 Å². The van der Waals surface area contributed by atoms with Gasteiger partial charge in [0, 0.05) is 28.4 Å². The summed E-state index contributed by atoms with van der Waals surface area (Å²) in [5.74, 6) is -0.886. The highest BCUT2D eigenvalue weighted by atomic mass is 127. The van der Waals surface area contributed by atoms with E-state index in [-0.39, 0.29) is 29.0 Å². The fraction of sp³-hybridized carbons (Fsp3) is 0.320. The topological polar surface area (TPSA) is 104 Å². The van der Waals surface area contributed by atoms with Crippen molar-refractivity contribution < 1.29 is 9.18 Å². The summed E-state index contributed by atoms with van der Waals surface area (Å²) in [6, 6.07) is 9.66. The Morgan fingerprint density at radius 2 is 1.89 bits per heavy atom. The molecule has 1 aromatic carbocycles. The van der Waals surface area contributed by atoms with Gasteiger partial charge in [0.2, 0.25) is 0 Å². The summed E-state index contributed by atoms with van der Waals surface area (Å²) < 4.78 is 19.2. The van der Waals surface area contributed by atoms with Crippen molar-refractivity contribution >= 4 is 39.5 Å². The first-order valence-electron chi connectivity index (χ1n) is 11.6. The zero-order valence-corrected chi connectivity index (χ0v) is 21.9. The lowest BCUT2D eigenvalue weighted by atomic mass is 9.90. The molecule has 1 aliphatic rings. The maximum atomic E-state index is 14.1. The van der Waals surface area contributed by atoms with Gasteiger partial charge in [0.05, 0.1) is 17.3 Å². The quantitative estimate of drug-likeness (QED) is 0.362. The predicted molar refractivity (Wildman–Crippen MR) is 141 cm³/mol. The van der Waals surface area contributed by atoms with E-state index in [1.807, 2.05) is 25.1 Å². The minimum Gasteiger partial charge on any atom is -0.348 e. The number of pyridine rings is 1. The van der Waals surface area contributed by atoms with Gasteiger partial charge in [-0.1, -0.05) is 6.07 Å². The number of hydrogen-bond acceptors (Lipinski definition) is 5. The van der Waals surface area contributed by atoms with Crippen LogP contribution in [-0.2, 0) is 7.05 Å². The van der Waals surface area contributed by atoms with Gasteiger partial charge in [-0.2, -0.15) is 5.10 Å². The van der Waals surface area contributed by atoms with Crippen molar-refractivity contribution in [2.45, 2.75) is 44.7 Å². The van der Waals surface area contributed by atoms with Crippen molar-refractivity contribution in [3.63, 3.8) is 0 Å². The van der Waals surface area contributed by atoms with Gasteiger partial charge in [0.1, 0.15) is 11.5 Å². The molecular formula is C25H24FIN6O3. The second-order valence-electron chi connectivity index (χ2n) is 9.07. The predicted octanol–water partition coefficient (Wildman–Crippen LogP) is 3.25.